The number of alkyl halides is 6. The third kappa shape index (κ3) is 2.33. The molecule has 18 heavy (non-hydrogen) atoms. The summed E-state index contributed by atoms with van der Waals surface area (Å²) in [5.74, 6) is -1.81. The molecule has 1 N–H and O–H groups in total. The molecule has 0 saturated carbocycles. The predicted octanol–water partition coefficient (Wildman–Crippen LogP) is 3.90. The third-order valence-corrected chi connectivity index (χ3v) is 2.63. The van der Waals surface area contributed by atoms with E-state index in [1.807, 2.05) is 0 Å². The Kier molecular flexibility index (Phi) is 3.70. The monoisotopic (exact) mass is 340 g/mol. The molecule has 1 aromatic carbocycles. The number of benzene rings is 1. The summed E-state index contributed by atoms with van der Waals surface area (Å²) in [5, 5.41) is 8.95. The maximum atomic E-state index is 13.1. The highest BCUT2D eigenvalue weighted by molar-refractivity contribution is 9.10. The minimum atomic E-state index is -6.10. The van der Waals surface area contributed by atoms with Crippen molar-refractivity contribution < 1.29 is 35.8 Å². The third-order valence-electron chi connectivity index (χ3n) is 2.14. The van der Waals surface area contributed by atoms with E-state index in [-0.39, 0.29) is 10.5 Å². The van der Waals surface area contributed by atoms with Gasteiger partial charge in [0.05, 0.1) is 0 Å². The zero-order valence-corrected chi connectivity index (χ0v) is 9.79. The van der Waals surface area contributed by atoms with Crippen LogP contribution in [0.15, 0.2) is 22.7 Å². The lowest BCUT2D eigenvalue weighted by molar-refractivity contribution is -0.377. The normalized spacial score (nSPS) is 13.8. The van der Waals surface area contributed by atoms with E-state index >= 15 is 0 Å². The van der Waals surface area contributed by atoms with Crippen molar-refractivity contribution in [1.29, 1.82) is 0 Å². The number of aliphatic hydroxyl groups is 1. The molecular formula is C9H4BrF7O. The van der Waals surface area contributed by atoms with Crippen LogP contribution in [0.25, 0.3) is 0 Å². The molecule has 1 rings (SSSR count). The van der Waals surface area contributed by atoms with E-state index in [9.17, 15) is 30.7 Å². The van der Waals surface area contributed by atoms with Gasteiger partial charge in [0.15, 0.2) is 0 Å². The van der Waals surface area contributed by atoms with E-state index < -0.39 is 29.3 Å². The zero-order chi connectivity index (χ0) is 14.4. The molecule has 0 bridgehead atoms. The van der Waals surface area contributed by atoms with Crippen molar-refractivity contribution in [2.24, 2.45) is 0 Å². The van der Waals surface area contributed by atoms with Crippen LogP contribution in [0.2, 0.25) is 0 Å². The van der Waals surface area contributed by atoms with E-state index in [1.54, 1.807) is 0 Å². The molecule has 0 fully saturated rings. The van der Waals surface area contributed by atoms with E-state index in [0.717, 1.165) is 6.07 Å². The molecule has 0 unspecified atom stereocenters. The Morgan fingerprint density at radius 3 is 1.78 bits per heavy atom. The van der Waals surface area contributed by atoms with Crippen molar-refractivity contribution in [3.63, 3.8) is 0 Å². The van der Waals surface area contributed by atoms with Gasteiger partial charge in [0.1, 0.15) is 5.82 Å². The second kappa shape index (κ2) is 4.37. The Balaban J connectivity index is 3.61. The Morgan fingerprint density at radius 1 is 0.944 bits per heavy atom. The fraction of sp³-hybridized carbons (Fsp3) is 0.333. The van der Waals surface area contributed by atoms with Crippen LogP contribution in [0.5, 0.6) is 0 Å². The van der Waals surface area contributed by atoms with Gasteiger partial charge in [0, 0.05) is 10.0 Å². The first-order valence-corrected chi connectivity index (χ1v) is 5.02. The first-order chi connectivity index (χ1) is 7.91. The fourth-order valence-electron chi connectivity index (χ4n) is 1.24. The molecule has 0 aliphatic heterocycles. The van der Waals surface area contributed by atoms with E-state index in [2.05, 4.69) is 15.9 Å². The van der Waals surface area contributed by atoms with Gasteiger partial charge < -0.3 is 5.11 Å². The van der Waals surface area contributed by atoms with Gasteiger partial charge in [0.25, 0.3) is 5.60 Å². The smallest absolute Gasteiger partial charge is 0.369 e. The van der Waals surface area contributed by atoms with Crippen molar-refractivity contribution >= 4 is 15.9 Å². The molecule has 0 atom stereocenters. The van der Waals surface area contributed by atoms with Crippen LogP contribution in [-0.4, -0.2) is 17.5 Å². The molecule has 1 nitrogen and oxygen atoms in total. The Labute approximate surface area is 104 Å². The predicted molar refractivity (Wildman–Crippen MR) is 50.1 cm³/mol. The molecule has 0 radical (unpaired) electrons. The van der Waals surface area contributed by atoms with Gasteiger partial charge in [-0.1, -0.05) is 15.9 Å². The standard InChI is InChI=1S/C9H4BrF7O/c10-4-1-2-6(11)5(3-4)7(18,8(12,13)14)9(15,16)17/h1-3,18H. The number of hydrogen-bond donors (Lipinski definition) is 1. The van der Waals surface area contributed by atoms with Crippen LogP contribution < -0.4 is 0 Å². The first kappa shape index (κ1) is 15.2. The van der Waals surface area contributed by atoms with Crippen LogP contribution in [-0.2, 0) is 5.60 Å². The van der Waals surface area contributed by atoms with Gasteiger partial charge >= 0.3 is 12.4 Å². The molecule has 0 aliphatic carbocycles. The Bertz CT molecular complexity index is 437. The van der Waals surface area contributed by atoms with Crippen molar-refractivity contribution in [3.05, 3.63) is 34.1 Å². The summed E-state index contributed by atoms with van der Waals surface area (Å²) in [6.07, 6.45) is -12.2. The average molecular weight is 341 g/mol. The number of hydrogen-bond acceptors (Lipinski definition) is 1. The van der Waals surface area contributed by atoms with Crippen molar-refractivity contribution in [3.8, 4) is 0 Å². The van der Waals surface area contributed by atoms with Gasteiger partial charge in [0.2, 0.25) is 0 Å². The molecule has 0 saturated heterocycles. The molecule has 102 valence electrons. The van der Waals surface area contributed by atoms with Gasteiger partial charge in [-0.25, -0.2) is 4.39 Å². The van der Waals surface area contributed by atoms with Gasteiger partial charge in [-0.2, -0.15) is 26.3 Å². The SMILES string of the molecule is OC(c1cc(Br)ccc1F)(C(F)(F)F)C(F)(F)F. The summed E-state index contributed by atoms with van der Waals surface area (Å²) in [5.41, 5.74) is -7.16. The highest BCUT2D eigenvalue weighted by atomic mass is 79.9. The van der Waals surface area contributed by atoms with Crippen LogP contribution in [0.1, 0.15) is 5.56 Å². The lowest BCUT2D eigenvalue weighted by Gasteiger charge is -2.32. The van der Waals surface area contributed by atoms with Crippen molar-refractivity contribution in [2.45, 2.75) is 18.0 Å². The van der Waals surface area contributed by atoms with E-state index in [0.29, 0.717) is 6.07 Å². The van der Waals surface area contributed by atoms with Gasteiger partial charge in [-0.3, -0.25) is 0 Å². The Morgan fingerprint density at radius 2 is 1.39 bits per heavy atom. The molecule has 0 heterocycles. The summed E-state index contributed by atoms with van der Waals surface area (Å²) in [6.45, 7) is 0. The summed E-state index contributed by atoms with van der Waals surface area (Å²) >= 11 is 2.61. The van der Waals surface area contributed by atoms with Crippen molar-refractivity contribution in [1.82, 2.24) is 0 Å². The zero-order valence-electron chi connectivity index (χ0n) is 8.20. The van der Waals surface area contributed by atoms with Crippen LogP contribution in [0.4, 0.5) is 30.7 Å². The Hall–Kier alpha value is -0.830. The first-order valence-electron chi connectivity index (χ1n) is 4.22. The van der Waals surface area contributed by atoms with Gasteiger partial charge in [-0.15, -0.1) is 0 Å². The van der Waals surface area contributed by atoms with Crippen molar-refractivity contribution in [2.75, 3.05) is 0 Å². The van der Waals surface area contributed by atoms with Crippen LogP contribution >= 0.6 is 15.9 Å². The maximum Gasteiger partial charge on any atom is 0.430 e. The molecule has 0 aliphatic rings. The molecule has 0 spiro atoms. The van der Waals surface area contributed by atoms with Gasteiger partial charge in [-0.05, 0) is 18.2 Å². The lowest BCUT2D eigenvalue weighted by Crippen LogP contribution is -2.54. The second-order valence-corrected chi connectivity index (χ2v) is 4.25. The quantitative estimate of drug-likeness (QED) is 0.769. The fourth-order valence-corrected chi connectivity index (χ4v) is 1.60. The minimum absolute atomic E-state index is 0.231. The largest absolute Gasteiger partial charge is 0.430 e. The topological polar surface area (TPSA) is 20.2 Å². The number of halogens is 8. The minimum Gasteiger partial charge on any atom is -0.369 e. The molecule has 0 amide bonds. The van der Waals surface area contributed by atoms with Crippen LogP contribution in [0.3, 0.4) is 0 Å². The molecular weight excluding hydrogens is 337 g/mol. The lowest BCUT2D eigenvalue weighted by atomic mass is 9.92. The summed E-state index contributed by atoms with van der Waals surface area (Å²) in [4.78, 5) is 0. The van der Waals surface area contributed by atoms with Crippen LogP contribution in [0, 0.1) is 5.82 Å². The number of rotatable bonds is 1. The molecule has 0 aromatic heterocycles. The maximum absolute atomic E-state index is 13.1. The summed E-state index contributed by atoms with van der Waals surface area (Å²) < 4.78 is 87.6. The summed E-state index contributed by atoms with van der Waals surface area (Å²) in [6, 6.07) is 1.53. The second-order valence-electron chi connectivity index (χ2n) is 3.33. The highest BCUT2D eigenvalue weighted by Crippen LogP contribution is 2.50. The average Bonchev–Trinajstić information content (AvgIpc) is 2.17. The highest BCUT2D eigenvalue weighted by Gasteiger charge is 2.72. The molecule has 1 aromatic rings. The summed E-state index contributed by atoms with van der Waals surface area (Å²) in [7, 11) is 0. The van der Waals surface area contributed by atoms with E-state index in [4.69, 9.17) is 5.11 Å². The molecule has 9 heteroatoms. The van der Waals surface area contributed by atoms with E-state index in [1.165, 1.54) is 0 Å².